The summed E-state index contributed by atoms with van der Waals surface area (Å²) < 4.78 is 65.4. The lowest BCUT2D eigenvalue weighted by Gasteiger charge is -2.50. The Morgan fingerprint density at radius 3 is 0.936 bits per heavy atom. The number of aliphatic hydroxyl groups is 4. The van der Waals surface area contributed by atoms with E-state index in [0.717, 1.165) is 6.92 Å². The van der Waals surface area contributed by atoms with Crippen LogP contribution in [0.5, 0.6) is 0 Å². The lowest BCUT2D eigenvalue weighted by molar-refractivity contribution is -0.255. The Kier molecular flexibility index (Phi) is 42.6. The lowest BCUT2D eigenvalue weighted by Crippen LogP contribution is -2.75. The van der Waals surface area contributed by atoms with Crippen molar-refractivity contribution < 1.29 is 135 Å². The Hall–Kier alpha value is -6.52. The molecular formula is C66H110O28. The molecule has 0 fully saturated rings. The minimum absolute atomic E-state index is 0.107. The molecule has 4 N–H and O–H groups in total. The first-order valence-electron chi connectivity index (χ1n) is 33.6. The van der Waals surface area contributed by atoms with Crippen molar-refractivity contribution >= 4 is 71.6 Å². The van der Waals surface area contributed by atoms with Gasteiger partial charge in [-0.25, -0.2) is 33.6 Å². The highest BCUT2D eigenvalue weighted by Crippen LogP contribution is 2.51. The third-order valence-corrected chi connectivity index (χ3v) is 15.5. The van der Waals surface area contributed by atoms with E-state index in [2.05, 4.69) is 0 Å². The Labute approximate surface area is 553 Å². The predicted octanol–water partition coefficient (Wildman–Crippen LogP) is 6.88. The molecule has 542 valence electrons. The molecule has 94 heavy (non-hydrogen) atoms. The van der Waals surface area contributed by atoms with Crippen molar-refractivity contribution in [2.75, 3.05) is 59.5 Å². The number of esters is 12. The molecule has 0 aromatic carbocycles. The van der Waals surface area contributed by atoms with Crippen LogP contribution < -0.4 is 0 Å². The minimum atomic E-state index is -4.04. The fourth-order valence-corrected chi connectivity index (χ4v) is 9.35. The highest BCUT2D eigenvalue weighted by molar-refractivity contribution is 6.01. The van der Waals surface area contributed by atoms with Crippen molar-refractivity contribution in [3.05, 3.63) is 0 Å². The van der Waals surface area contributed by atoms with Crippen molar-refractivity contribution in [2.24, 2.45) is 5.41 Å². The van der Waals surface area contributed by atoms with Gasteiger partial charge in [0.25, 0.3) is 0 Å². The molecule has 0 heterocycles. The molecule has 0 saturated carbocycles. The normalized spacial score (nSPS) is 15.2. The number of ether oxygens (including phenoxy) is 12. The molecule has 0 aliphatic rings. The molecule has 7 atom stereocenters. The molecule has 0 aliphatic carbocycles. The number of carbonyl (C=O) groups is 12. The molecule has 0 bridgehead atoms. The number of rotatable bonds is 53. The number of hydrogen-bond acceptors (Lipinski definition) is 28. The molecule has 0 rings (SSSR count). The highest BCUT2D eigenvalue weighted by Gasteiger charge is 2.76. The monoisotopic (exact) mass is 1350 g/mol. The van der Waals surface area contributed by atoms with E-state index in [1.807, 2.05) is 0 Å². The SMILES string of the molecule is CCCCOC(=O)CC(O)(C(=O)OCCCC)C(OC(=O)CC(O)(CC(=O)OC(CC)(C(=O)OCCCC)C(O)(C(=O)OCCCC)C(CC)(CC)C(=O)OCCCC)C(=O)OC(C(=O)OCCCC)C(O)(CC(=O)OCCCC)C(=O)OCCCC)C(=O)OCCCC. The van der Waals surface area contributed by atoms with Crippen LogP contribution in [0, 0.1) is 5.41 Å². The fraction of sp³-hybridized carbons (Fsp3) is 0.818. The Bertz CT molecular complexity index is 2370. The summed E-state index contributed by atoms with van der Waals surface area (Å²) >= 11 is 0. The zero-order valence-corrected chi connectivity index (χ0v) is 57.8. The summed E-state index contributed by atoms with van der Waals surface area (Å²) in [6.07, 6.45) is -9.67. The van der Waals surface area contributed by atoms with Crippen LogP contribution in [-0.2, 0) is 114 Å². The number of carbonyl (C=O) groups excluding carboxylic acids is 12. The Morgan fingerprint density at radius 1 is 0.298 bits per heavy atom. The summed E-state index contributed by atoms with van der Waals surface area (Å²) in [5.74, 6) is -20.9. The summed E-state index contributed by atoms with van der Waals surface area (Å²) in [6.45, 7) is 15.8. The summed E-state index contributed by atoms with van der Waals surface area (Å²) in [7, 11) is 0. The van der Waals surface area contributed by atoms with E-state index in [9.17, 15) is 58.8 Å². The van der Waals surface area contributed by atoms with Crippen LogP contribution in [0.25, 0.3) is 0 Å². The molecule has 0 aromatic rings. The molecule has 7 unspecified atom stereocenters. The van der Waals surface area contributed by atoms with Gasteiger partial charge in [-0.15, -0.1) is 0 Å². The average Bonchev–Trinajstić information content (AvgIpc) is 0.708. The molecule has 0 radical (unpaired) electrons. The predicted molar refractivity (Wildman–Crippen MR) is 333 cm³/mol. The van der Waals surface area contributed by atoms with Crippen LogP contribution in [0.4, 0.5) is 0 Å². The van der Waals surface area contributed by atoms with Crippen molar-refractivity contribution in [3.8, 4) is 0 Å². The maximum Gasteiger partial charge on any atom is 0.354 e. The molecule has 28 heteroatoms. The van der Waals surface area contributed by atoms with Gasteiger partial charge in [0.05, 0.1) is 85.1 Å². The van der Waals surface area contributed by atoms with Gasteiger partial charge in [0, 0.05) is 0 Å². The standard InChI is InChI=1S/C66H110O28/c1-13-25-34-83-47(67)45-63(80,57(75)88-39-30-18-6)51(53(71)85-36-27-15-3)92-49(69)43-62(79,56(74)93-52(54(72)86-37-28-16-4)64(81,58(76)89-40-31-19-7)46-48(68)84-35-26-14-2)44-50(70)94-65(24-12,59(77)90-41-32-20-8)66(82,60(78)91-42-33-21-9)61(22-10,23-11)55(73)87-38-29-17-5/h51-52,79-82H,13-46H2,1-12H3. The van der Waals surface area contributed by atoms with E-state index >= 15 is 19.2 Å². The number of hydrogen-bond donors (Lipinski definition) is 4. The van der Waals surface area contributed by atoms with Gasteiger partial charge in [0.1, 0.15) is 5.41 Å². The van der Waals surface area contributed by atoms with Gasteiger partial charge < -0.3 is 77.3 Å². The zero-order valence-electron chi connectivity index (χ0n) is 57.8. The third-order valence-electron chi connectivity index (χ3n) is 15.5. The second kappa shape index (κ2) is 45.8. The summed E-state index contributed by atoms with van der Waals surface area (Å²) in [6, 6.07) is 0. The first-order chi connectivity index (χ1) is 44.6. The third kappa shape index (κ3) is 25.6. The van der Waals surface area contributed by atoms with E-state index in [1.165, 1.54) is 13.8 Å². The van der Waals surface area contributed by atoms with Gasteiger partial charge in [-0.05, 0) is 77.0 Å². The maximum atomic E-state index is 15.4. The molecule has 0 saturated heterocycles. The van der Waals surface area contributed by atoms with E-state index < -0.39 is 202 Å². The largest absolute Gasteiger partial charge is 0.466 e. The van der Waals surface area contributed by atoms with Gasteiger partial charge >= 0.3 is 71.6 Å². The first kappa shape index (κ1) is 87.5. The van der Waals surface area contributed by atoms with E-state index in [-0.39, 0.29) is 71.2 Å². The van der Waals surface area contributed by atoms with Crippen LogP contribution in [0.15, 0.2) is 0 Å². The van der Waals surface area contributed by atoms with Crippen molar-refractivity contribution in [3.63, 3.8) is 0 Å². The quantitative estimate of drug-likeness (QED) is 0.0274. The topological polar surface area (TPSA) is 397 Å². The van der Waals surface area contributed by atoms with Gasteiger partial charge in [-0.3, -0.25) is 24.0 Å². The molecular weight excluding hydrogens is 1240 g/mol. The van der Waals surface area contributed by atoms with Gasteiger partial charge in [0.15, 0.2) is 5.60 Å². The summed E-state index contributed by atoms with van der Waals surface area (Å²) in [5, 5.41) is 51.3. The fourth-order valence-electron chi connectivity index (χ4n) is 9.35. The molecule has 0 aliphatic heterocycles. The number of unbranched alkanes of at least 4 members (excludes halogenated alkanes) is 9. The van der Waals surface area contributed by atoms with Crippen LogP contribution in [0.3, 0.4) is 0 Å². The molecule has 0 aromatic heterocycles. The van der Waals surface area contributed by atoms with Crippen LogP contribution >= 0.6 is 0 Å². The van der Waals surface area contributed by atoms with Gasteiger partial charge in [-0.1, -0.05) is 141 Å². The summed E-state index contributed by atoms with van der Waals surface area (Å²) in [4.78, 5) is 174. The van der Waals surface area contributed by atoms with Crippen molar-refractivity contribution in [2.45, 2.75) is 284 Å². The first-order valence-corrected chi connectivity index (χ1v) is 33.6. The molecule has 0 spiro atoms. The second-order valence-electron chi connectivity index (χ2n) is 23.0. The average molecular weight is 1350 g/mol. The van der Waals surface area contributed by atoms with Gasteiger partial charge in [-0.2, -0.15) is 0 Å². The van der Waals surface area contributed by atoms with Crippen LogP contribution in [0.1, 0.15) is 244 Å². The smallest absolute Gasteiger partial charge is 0.354 e. The van der Waals surface area contributed by atoms with E-state index in [0.29, 0.717) is 64.2 Å². The Morgan fingerprint density at radius 2 is 0.596 bits per heavy atom. The van der Waals surface area contributed by atoms with Crippen molar-refractivity contribution in [1.29, 1.82) is 0 Å². The lowest BCUT2D eigenvalue weighted by atomic mass is 9.59. The second-order valence-corrected chi connectivity index (χ2v) is 23.0. The molecule has 0 amide bonds. The van der Waals surface area contributed by atoms with E-state index in [1.54, 1.807) is 62.3 Å². The van der Waals surface area contributed by atoms with Crippen molar-refractivity contribution in [1.82, 2.24) is 0 Å². The highest BCUT2D eigenvalue weighted by atomic mass is 16.7. The maximum absolute atomic E-state index is 15.4. The summed E-state index contributed by atoms with van der Waals surface area (Å²) in [5.41, 5.74) is -21.0. The van der Waals surface area contributed by atoms with Crippen LogP contribution in [0.2, 0.25) is 0 Å². The Balaban J connectivity index is 9.42. The minimum Gasteiger partial charge on any atom is -0.466 e. The molecule has 28 nitrogen and oxygen atoms in total. The van der Waals surface area contributed by atoms with Gasteiger partial charge in [0.2, 0.25) is 34.6 Å². The zero-order chi connectivity index (χ0) is 71.6. The van der Waals surface area contributed by atoms with E-state index in [4.69, 9.17) is 56.8 Å². The van der Waals surface area contributed by atoms with Crippen LogP contribution in [-0.4, -0.2) is 192 Å².